The summed E-state index contributed by atoms with van der Waals surface area (Å²) in [5.74, 6) is 0. The molecule has 0 saturated carbocycles. The van der Waals surface area contributed by atoms with Crippen molar-refractivity contribution in [3.63, 3.8) is 0 Å². The van der Waals surface area contributed by atoms with E-state index in [4.69, 9.17) is 9.84 Å². The second-order valence-electron chi connectivity index (χ2n) is 2.54. The van der Waals surface area contributed by atoms with Crippen LogP contribution in [-0.2, 0) is 9.47 Å². The zero-order chi connectivity index (χ0) is 8.32. The first-order valence-electron chi connectivity index (χ1n) is 3.29. The monoisotopic (exact) mass is 158 g/mol. The third kappa shape index (κ3) is 1.71. The summed E-state index contributed by atoms with van der Waals surface area (Å²) in [6.07, 6.45) is 0.889. The van der Waals surface area contributed by atoms with Crippen molar-refractivity contribution in [2.75, 3.05) is 13.2 Å². The molecule has 4 nitrogen and oxygen atoms in total. The van der Waals surface area contributed by atoms with Gasteiger partial charge in [-0.05, 0) is 0 Å². The number of hydrogen-bond donors (Lipinski definition) is 1. The van der Waals surface area contributed by atoms with E-state index in [1.807, 2.05) is 0 Å². The largest absolute Gasteiger partial charge is 0.506 e. The number of carboxylic acid groups (broad SMARTS) is 1. The Labute approximate surface area is 64.4 Å². The Morgan fingerprint density at radius 2 is 2.45 bits per heavy atom. The summed E-state index contributed by atoms with van der Waals surface area (Å²) in [4.78, 5) is 10.2. The fraction of sp³-hybridized carbons (Fsp3) is 0.571. The molecule has 0 spiro atoms. The Hall–Kier alpha value is -1.03. The molecular formula is C7H10O4. The lowest BCUT2D eigenvalue weighted by atomic mass is 9.98. The van der Waals surface area contributed by atoms with E-state index < -0.39 is 11.8 Å². The molecule has 4 heteroatoms. The number of carbonyl (C=O) groups is 1. The summed E-state index contributed by atoms with van der Waals surface area (Å²) < 4.78 is 9.49. The molecule has 1 aliphatic heterocycles. The molecule has 0 amide bonds. The van der Waals surface area contributed by atoms with Crippen molar-refractivity contribution in [2.45, 2.75) is 12.0 Å². The molecule has 1 N–H and O–H groups in total. The minimum Gasteiger partial charge on any atom is -0.450 e. The Bertz CT molecular complexity index is 171. The predicted octanol–water partition coefficient (Wildman–Crippen LogP) is 1.03. The van der Waals surface area contributed by atoms with Gasteiger partial charge in [0.2, 0.25) is 0 Å². The summed E-state index contributed by atoms with van der Waals surface area (Å²) in [6, 6.07) is 0. The lowest BCUT2D eigenvalue weighted by Crippen LogP contribution is -2.52. The maximum Gasteiger partial charge on any atom is 0.506 e. The van der Waals surface area contributed by atoms with Crippen molar-refractivity contribution in [1.29, 1.82) is 0 Å². The summed E-state index contributed by atoms with van der Waals surface area (Å²) in [7, 11) is 0. The minimum absolute atomic E-state index is 0.339. The van der Waals surface area contributed by atoms with E-state index >= 15 is 0 Å². The van der Waals surface area contributed by atoms with Crippen LogP contribution in [0, 0.1) is 0 Å². The van der Waals surface area contributed by atoms with Gasteiger partial charge < -0.3 is 14.6 Å². The first kappa shape index (κ1) is 8.07. The van der Waals surface area contributed by atoms with Crippen LogP contribution in [0.3, 0.4) is 0 Å². The maximum atomic E-state index is 10.2. The molecule has 11 heavy (non-hydrogen) atoms. The molecule has 1 rings (SSSR count). The maximum absolute atomic E-state index is 10.2. The fourth-order valence-electron chi connectivity index (χ4n) is 0.996. The van der Waals surface area contributed by atoms with E-state index in [1.165, 1.54) is 0 Å². The van der Waals surface area contributed by atoms with Crippen LogP contribution in [0.2, 0.25) is 0 Å². The van der Waals surface area contributed by atoms with E-state index in [9.17, 15) is 4.79 Å². The second-order valence-corrected chi connectivity index (χ2v) is 2.54. The highest BCUT2D eigenvalue weighted by Gasteiger charge is 2.41. The van der Waals surface area contributed by atoms with Gasteiger partial charge in [0.05, 0.1) is 13.2 Å². The quantitative estimate of drug-likeness (QED) is 0.492. The van der Waals surface area contributed by atoms with Crippen LogP contribution in [0.25, 0.3) is 0 Å². The minimum atomic E-state index is -1.25. The van der Waals surface area contributed by atoms with Crippen LogP contribution in [-0.4, -0.2) is 30.1 Å². The third-order valence-electron chi connectivity index (χ3n) is 1.55. The average molecular weight is 158 g/mol. The van der Waals surface area contributed by atoms with Crippen molar-refractivity contribution >= 4 is 6.16 Å². The van der Waals surface area contributed by atoms with E-state index in [0.29, 0.717) is 19.6 Å². The lowest BCUT2D eigenvalue weighted by molar-refractivity contribution is -0.183. The molecule has 0 aromatic carbocycles. The molecule has 0 aliphatic carbocycles. The summed E-state index contributed by atoms with van der Waals surface area (Å²) in [5, 5.41) is 8.33. The molecule has 1 aliphatic rings. The predicted molar refractivity (Wildman–Crippen MR) is 37.5 cm³/mol. The SMILES string of the molecule is C=CCC1(OC(=O)O)COC1. The Morgan fingerprint density at radius 3 is 2.73 bits per heavy atom. The highest BCUT2D eigenvalue weighted by atomic mass is 16.7. The Morgan fingerprint density at radius 1 is 1.82 bits per heavy atom. The first-order valence-corrected chi connectivity index (χ1v) is 3.29. The molecule has 0 unspecified atom stereocenters. The van der Waals surface area contributed by atoms with Gasteiger partial charge in [0.15, 0.2) is 5.60 Å². The molecule has 0 aromatic heterocycles. The normalized spacial score (nSPS) is 20.0. The van der Waals surface area contributed by atoms with Crippen LogP contribution in [0.1, 0.15) is 6.42 Å². The van der Waals surface area contributed by atoms with E-state index in [1.54, 1.807) is 6.08 Å². The van der Waals surface area contributed by atoms with Crippen molar-refractivity contribution in [1.82, 2.24) is 0 Å². The van der Waals surface area contributed by atoms with Crippen LogP contribution < -0.4 is 0 Å². The van der Waals surface area contributed by atoms with Gasteiger partial charge in [0, 0.05) is 6.42 Å². The van der Waals surface area contributed by atoms with Crippen LogP contribution in [0.4, 0.5) is 4.79 Å². The van der Waals surface area contributed by atoms with E-state index in [2.05, 4.69) is 11.3 Å². The smallest absolute Gasteiger partial charge is 0.450 e. The van der Waals surface area contributed by atoms with Gasteiger partial charge in [-0.3, -0.25) is 0 Å². The van der Waals surface area contributed by atoms with Crippen LogP contribution >= 0.6 is 0 Å². The molecule has 62 valence electrons. The van der Waals surface area contributed by atoms with Gasteiger partial charge in [-0.15, -0.1) is 6.58 Å². The number of ether oxygens (including phenoxy) is 2. The highest BCUT2D eigenvalue weighted by molar-refractivity contribution is 5.57. The van der Waals surface area contributed by atoms with Gasteiger partial charge in [-0.1, -0.05) is 6.08 Å². The Balaban J connectivity index is 2.45. The van der Waals surface area contributed by atoms with Gasteiger partial charge >= 0.3 is 6.16 Å². The third-order valence-corrected chi connectivity index (χ3v) is 1.55. The van der Waals surface area contributed by atoms with Crippen LogP contribution in [0.5, 0.6) is 0 Å². The summed E-state index contributed by atoms with van der Waals surface area (Å²) >= 11 is 0. The standard InChI is InChI=1S/C7H10O4/c1-2-3-7(4-10-5-7)11-6(8)9/h2H,1,3-5H2,(H,8,9). The number of hydrogen-bond acceptors (Lipinski definition) is 3. The van der Waals surface area contributed by atoms with E-state index in [-0.39, 0.29) is 0 Å². The van der Waals surface area contributed by atoms with Crippen molar-refractivity contribution in [3.8, 4) is 0 Å². The molecular weight excluding hydrogens is 148 g/mol. The summed E-state index contributed by atoms with van der Waals surface area (Å²) in [5.41, 5.74) is -0.645. The van der Waals surface area contributed by atoms with Gasteiger partial charge in [-0.2, -0.15) is 0 Å². The van der Waals surface area contributed by atoms with Crippen LogP contribution in [0.15, 0.2) is 12.7 Å². The highest BCUT2D eigenvalue weighted by Crippen LogP contribution is 2.26. The summed E-state index contributed by atoms with van der Waals surface area (Å²) in [6.45, 7) is 4.18. The molecule has 1 fully saturated rings. The molecule has 0 atom stereocenters. The zero-order valence-corrected chi connectivity index (χ0v) is 6.08. The zero-order valence-electron chi connectivity index (χ0n) is 6.08. The lowest BCUT2D eigenvalue weighted by Gasteiger charge is -2.38. The Kier molecular flexibility index (Phi) is 2.14. The van der Waals surface area contributed by atoms with Gasteiger partial charge in [0.1, 0.15) is 0 Å². The average Bonchev–Trinajstić information content (AvgIpc) is 1.82. The fourth-order valence-corrected chi connectivity index (χ4v) is 0.996. The molecule has 0 bridgehead atoms. The molecule has 0 radical (unpaired) electrons. The van der Waals surface area contributed by atoms with E-state index in [0.717, 1.165) is 0 Å². The number of rotatable bonds is 3. The topological polar surface area (TPSA) is 55.8 Å². The van der Waals surface area contributed by atoms with Gasteiger partial charge in [0.25, 0.3) is 0 Å². The first-order chi connectivity index (χ1) is 5.18. The second kappa shape index (κ2) is 2.92. The molecule has 0 aromatic rings. The van der Waals surface area contributed by atoms with Crippen molar-refractivity contribution < 1.29 is 19.4 Å². The molecule has 1 heterocycles. The van der Waals surface area contributed by atoms with Crippen molar-refractivity contribution in [2.24, 2.45) is 0 Å². The van der Waals surface area contributed by atoms with Crippen molar-refractivity contribution in [3.05, 3.63) is 12.7 Å². The van der Waals surface area contributed by atoms with Gasteiger partial charge in [-0.25, -0.2) is 4.79 Å². The molecule has 1 saturated heterocycles.